The van der Waals surface area contributed by atoms with E-state index in [2.05, 4.69) is 5.32 Å². The van der Waals surface area contributed by atoms with E-state index in [0.717, 1.165) is 11.1 Å². The van der Waals surface area contributed by atoms with E-state index in [-0.39, 0.29) is 18.0 Å². The Morgan fingerprint density at radius 2 is 1.70 bits per heavy atom. The van der Waals surface area contributed by atoms with E-state index in [1.807, 2.05) is 18.2 Å². The Labute approximate surface area is 203 Å². The fourth-order valence-electron chi connectivity index (χ4n) is 3.80. The molecule has 3 aromatic carbocycles. The molecule has 1 heterocycles. The topological polar surface area (TPSA) is 75.7 Å². The van der Waals surface area contributed by atoms with Gasteiger partial charge >= 0.3 is 6.09 Å². The highest BCUT2D eigenvalue weighted by atomic mass is 35.5. The number of alkyl carbamates (subject to hydrolysis) is 1. The van der Waals surface area contributed by atoms with Gasteiger partial charge in [-0.1, -0.05) is 59.6 Å². The van der Waals surface area contributed by atoms with Crippen molar-refractivity contribution in [2.24, 2.45) is 0 Å². The first kappa shape index (κ1) is 23.4. The Bertz CT molecular complexity index is 1250. The van der Waals surface area contributed by atoms with E-state index in [1.165, 1.54) is 28.6 Å². The number of ether oxygens (including phenoxy) is 1. The molecule has 3 aromatic rings. The summed E-state index contributed by atoms with van der Waals surface area (Å²) in [6.45, 7) is 0.119. The number of nitrogens with one attached hydrogen (secondary N) is 1. The first-order chi connectivity index (χ1) is 15.9. The van der Waals surface area contributed by atoms with Gasteiger partial charge < -0.3 is 10.1 Å². The highest BCUT2D eigenvalue weighted by Gasteiger charge is 2.36. The number of carbonyl (C=O) groups is 1. The standard InChI is InChI=1S/C24H22Cl2N2O4S/c25-19-10-13-21(14-11-19)33(30,31)28-20(12-9-17-5-2-4-8-23(17)28)16-32-24(29)27-15-18-6-1-3-7-22(18)26/h1-8,10-11,13-14,20H,9,12,15-16H2,(H,27,29). The van der Waals surface area contributed by atoms with Gasteiger partial charge in [0.05, 0.1) is 16.6 Å². The second-order valence-electron chi connectivity index (χ2n) is 7.62. The zero-order chi connectivity index (χ0) is 23.4. The van der Waals surface area contributed by atoms with Gasteiger partial charge in [-0.25, -0.2) is 13.2 Å². The van der Waals surface area contributed by atoms with Crippen molar-refractivity contribution in [3.63, 3.8) is 0 Å². The zero-order valence-electron chi connectivity index (χ0n) is 17.6. The maximum atomic E-state index is 13.6. The Kier molecular flexibility index (Phi) is 7.12. The molecular weight excluding hydrogens is 483 g/mol. The first-order valence-electron chi connectivity index (χ1n) is 10.4. The molecule has 9 heteroatoms. The van der Waals surface area contributed by atoms with Crippen molar-refractivity contribution in [1.29, 1.82) is 0 Å². The molecule has 0 fully saturated rings. The number of amides is 1. The highest BCUT2D eigenvalue weighted by Crippen LogP contribution is 2.35. The highest BCUT2D eigenvalue weighted by molar-refractivity contribution is 7.92. The summed E-state index contributed by atoms with van der Waals surface area (Å²) in [6.07, 6.45) is 0.553. The number of sulfonamides is 1. The van der Waals surface area contributed by atoms with E-state index in [0.29, 0.717) is 28.6 Å². The molecule has 1 unspecified atom stereocenters. The van der Waals surface area contributed by atoms with Crippen LogP contribution in [-0.4, -0.2) is 27.2 Å². The number of aryl methyl sites for hydroxylation is 1. The second-order valence-corrected chi connectivity index (χ2v) is 10.3. The molecule has 6 nitrogen and oxygen atoms in total. The lowest BCUT2D eigenvalue weighted by molar-refractivity contribution is 0.137. The monoisotopic (exact) mass is 504 g/mol. The van der Waals surface area contributed by atoms with Gasteiger partial charge in [-0.3, -0.25) is 4.31 Å². The number of benzene rings is 3. The summed E-state index contributed by atoms with van der Waals surface area (Å²) in [6, 6.07) is 20.0. The lowest BCUT2D eigenvalue weighted by Crippen LogP contribution is -2.47. The molecule has 4 rings (SSSR count). The Morgan fingerprint density at radius 1 is 1.00 bits per heavy atom. The van der Waals surface area contributed by atoms with Crippen molar-refractivity contribution in [3.8, 4) is 0 Å². The number of hydrogen-bond acceptors (Lipinski definition) is 4. The van der Waals surface area contributed by atoms with Crippen molar-refractivity contribution in [1.82, 2.24) is 5.32 Å². The summed E-state index contributed by atoms with van der Waals surface area (Å²) in [4.78, 5) is 12.4. The molecule has 0 bridgehead atoms. The fourth-order valence-corrected chi connectivity index (χ4v) is 5.83. The van der Waals surface area contributed by atoms with Crippen LogP contribution in [0.1, 0.15) is 17.5 Å². The molecule has 33 heavy (non-hydrogen) atoms. The van der Waals surface area contributed by atoms with Crippen LogP contribution in [0.4, 0.5) is 10.5 Å². The molecule has 172 valence electrons. The molecule has 1 aliphatic heterocycles. The van der Waals surface area contributed by atoms with Gasteiger partial charge in [0.25, 0.3) is 10.0 Å². The lowest BCUT2D eigenvalue weighted by Gasteiger charge is -2.37. The normalized spacial score (nSPS) is 15.6. The molecule has 0 radical (unpaired) electrons. The van der Waals surface area contributed by atoms with E-state index in [4.69, 9.17) is 27.9 Å². The summed E-state index contributed by atoms with van der Waals surface area (Å²) < 4.78 is 33.9. The quantitative estimate of drug-likeness (QED) is 0.485. The minimum atomic E-state index is -3.90. The number of fused-ring (bicyclic) bond motifs is 1. The van der Waals surface area contributed by atoms with Crippen molar-refractivity contribution in [3.05, 3.63) is 94.0 Å². The van der Waals surface area contributed by atoms with Crippen LogP contribution >= 0.6 is 23.2 Å². The van der Waals surface area contributed by atoms with Gasteiger partial charge in [0.15, 0.2) is 0 Å². The fraction of sp³-hybridized carbons (Fsp3) is 0.208. The Morgan fingerprint density at radius 3 is 2.45 bits per heavy atom. The average molecular weight is 505 g/mol. The third-order valence-electron chi connectivity index (χ3n) is 5.47. The summed E-state index contributed by atoms with van der Waals surface area (Å²) >= 11 is 12.1. The van der Waals surface area contributed by atoms with E-state index in [9.17, 15) is 13.2 Å². The minimum absolute atomic E-state index is 0.0878. The lowest BCUT2D eigenvalue weighted by atomic mass is 9.98. The second kappa shape index (κ2) is 10.0. The van der Waals surface area contributed by atoms with E-state index >= 15 is 0 Å². The van der Waals surface area contributed by atoms with Crippen molar-refractivity contribution in [2.75, 3.05) is 10.9 Å². The molecule has 0 spiro atoms. The molecule has 0 aliphatic carbocycles. The third kappa shape index (κ3) is 5.27. The van der Waals surface area contributed by atoms with Crippen LogP contribution in [0.2, 0.25) is 10.0 Å². The molecule has 0 saturated heterocycles. The molecule has 0 aromatic heterocycles. The van der Waals surface area contributed by atoms with Crippen molar-refractivity contribution < 1.29 is 17.9 Å². The summed E-state index contributed by atoms with van der Waals surface area (Å²) in [5.41, 5.74) is 2.27. The van der Waals surface area contributed by atoms with Crippen LogP contribution < -0.4 is 9.62 Å². The first-order valence-corrected chi connectivity index (χ1v) is 12.6. The van der Waals surface area contributed by atoms with Crippen LogP contribution in [0.25, 0.3) is 0 Å². The van der Waals surface area contributed by atoms with Crippen molar-refractivity contribution in [2.45, 2.75) is 30.3 Å². The van der Waals surface area contributed by atoms with Crippen LogP contribution in [0, 0.1) is 0 Å². The number of para-hydroxylation sites is 1. The summed E-state index contributed by atoms with van der Waals surface area (Å²) in [7, 11) is -3.90. The molecular formula is C24H22Cl2N2O4S. The SMILES string of the molecule is O=C(NCc1ccccc1Cl)OCC1CCc2ccccc2N1S(=O)(=O)c1ccc(Cl)cc1. The maximum Gasteiger partial charge on any atom is 0.407 e. The smallest absolute Gasteiger partial charge is 0.407 e. The van der Waals surface area contributed by atoms with Crippen molar-refractivity contribution >= 4 is 45.0 Å². The Hall–Kier alpha value is -2.74. The number of carbonyl (C=O) groups excluding carboxylic acids is 1. The third-order valence-corrected chi connectivity index (χ3v) is 7.97. The number of anilines is 1. The molecule has 1 N–H and O–H groups in total. The van der Waals surface area contributed by atoms with Crippen LogP contribution in [-0.2, 0) is 27.7 Å². The molecule has 1 amide bonds. The predicted molar refractivity (Wildman–Crippen MR) is 129 cm³/mol. The molecule has 1 atom stereocenters. The van der Waals surface area contributed by atoms with Gasteiger partial charge in [-0.15, -0.1) is 0 Å². The van der Waals surface area contributed by atoms with Gasteiger partial charge in [0.1, 0.15) is 6.61 Å². The van der Waals surface area contributed by atoms with Gasteiger partial charge in [-0.2, -0.15) is 0 Å². The van der Waals surface area contributed by atoms with Gasteiger partial charge in [-0.05, 0) is 60.4 Å². The van der Waals surface area contributed by atoms with Gasteiger partial charge in [0.2, 0.25) is 0 Å². The summed E-state index contributed by atoms with van der Waals surface area (Å²) in [5.74, 6) is 0. The average Bonchev–Trinajstić information content (AvgIpc) is 2.82. The van der Waals surface area contributed by atoms with Crippen LogP contribution in [0.15, 0.2) is 77.7 Å². The van der Waals surface area contributed by atoms with Crippen LogP contribution in [0.5, 0.6) is 0 Å². The van der Waals surface area contributed by atoms with E-state index < -0.39 is 22.2 Å². The number of halogens is 2. The summed E-state index contributed by atoms with van der Waals surface area (Å²) in [5, 5.41) is 3.65. The largest absolute Gasteiger partial charge is 0.447 e. The zero-order valence-corrected chi connectivity index (χ0v) is 19.9. The maximum absolute atomic E-state index is 13.6. The molecule has 1 aliphatic rings. The van der Waals surface area contributed by atoms with Crippen LogP contribution in [0.3, 0.4) is 0 Å². The number of hydrogen-bond donors (Lipinski definition) is 1. The molecule has 0 saturated carbocycles. The number of rotatable bonds is 6. The minimum Gasteiger partial charge on any atom is -0.447 e. The Balaban J connectivity index is 1.52. The van der Waals surface area contributed by atoms with Gasteiger partial charge in [0, 0.05) is 16.6 Å². The number of nitrogens with zero attached hydrogens (tertiary/aromatic N) is 1. The predicted octanol–water partition coefficient (Wildman–Crippen LogP) is 5.43. The van der Waals surface area contributed by atoms with E-state index in [1.54, 1.807) is 30.3 Å².